The molecule has 0 aliphatic heterocycles. The Morgan fingerprint density at radius 2 is 2.50 bits per heavy atom. The lowest BCUT2D eigenvalue weighted by atomic mass is 10.3. The number of aromatic nitrogens is 1. The minimum absolute atomic E-state index is 0.808. The van der Waals surface area contributed by atoms with Crippen molar-refractivity contribution in [1.29, 1.82) is 0 Å². The number of aliphatic imine (C=N–C) groups is 1. The maximum Gasteiger partial charge on any atom is 0.0772 e. The summed E-state index contributed by atoms with van der Waals surface area (Å²) < 4.78 is 0. The first-order valence-corrected chi connectivity index (χ1v) is 3.24. The Kier molecular flexibility index (Phi) is 2.26. The van der Waals surface area contributed by atoms with Crippen LogP contribution in [0.1, 0.15) is 5.69 Å². The number of pyridine rings is 1. The van der Waals surface area contributed by atoms with Gasteiger partial charge < -0.3 is 0 Å². The molecular formula is C7H6N2S. The highest BCUT2D eigenvalue weighted by Gasteiger charge is 1.86. The molecule has 0 saturated carbocycles. The minimum atomic E-state index is 0.808. The van der Waals surface area contributed by atoms with Crippen LogP contribution in [0, 0.1) is 6.92 Å². The number of hydrogen-bond acceptors (Lipinski definition) is 3. The molecule has 0 aliphatic carbocycles. The molecule has 0 atom stereocenters. The van der Waals surface area contributed by atoms with E-state index in [0.29, 0.717) is 0 Å². The third kappa shape index (κ3) is 1.72. The van der Waals surface area contributed by atoms with E-state index in [-0.39, 0.29) is 0 Å². The molecule has 3 heteroatoms. The summed E-state index contributed by atoms with van der Waals surface area (Å²) in [5.41, 5.74) is 1.74. The predicted octanol–water partition coefficient (Wildman–Crippen LogP) is 2.12. The van der Waals surface area contributed by atoms with Crippen molar-refractivity contribution in [2.75, 3.05) is 0 Å². The highest BCUT2D eigenvalue weighted by atomic mass is 32.1. The zero-order valence-corrected chi connectivity index (χ0v) is 6.35. The second kappa shape index (κ2) is 3.20. The van der Waals surface area contributed by atoms with Crippen LogP contribution in [-0.2, 0) is 0 Å². The highest BCUT2D eigenvalue weighted by molar-refractivity contribution is 7.78. The second-order valence-electron chi connectivity index (χ2n) is 1.86. The molecule has 1 heterocycles. The Morgan fingerprint density at radius 1 is 1.70 bits per heavy atom. The summed E-state index contributed by atoms with van der Waals surface area (Å²) in [7, 11) is 0. The summed E-state index contributed by atoms with van der Waals surface area (Å²) in [6.45, 7) is 1.91. The molecule has 0 aliphatic rings. The maximum atomic E-state index is 4.44. The lowest BCUT2D eigenvalue weighted by Crippen LogP contribution is -1.75. The van der Waals surface area contributed by atoms with Crippen molar-refractivity contribution in [2.24, 2.45) is 4.99 Å². The third-order valence-electron chi connectivity index (χ3n) is 1.05. The lowest BCUT2D eigenvalue weighted by molar-refractivity contribution is 1.20. The number of nitrogens with zero attached hydrogens (tertiary/aromatic N) is 2. The van der Waals surface area contributed by atoms with Gasteiger partial charge in [-0.3, -0.25) is 4.98 Å². The SMILES string of the molecule is Cc1cc(N=C=S)ccn1. The molecule has 50 valence electrons. The van der Waals surface area contributed by atoms with E-state index < -0.39 is 0 Å². The van der Waals surface area contributed by atoms with Gasteiger partial charge in [-0.15, -0.1) is 0 Å². The van der Waals surface area contributed by atoms with E-state index in [0.717, 1.165) is 11.4 Å². The van der Waals surface area contributed by atoms with Gasteiger partial charge in [-0.05, 0) is 31.3 Å². The highest BCUT2D eigenvalue weighted by Crippen LogP contribution is 2.09. The van der Waals surface area contributed by atoms with Gasteiger partial charge in [0.15, 0.2) is 0 Å². The molecule has 1 aromatic rings. The monoisotopic (exact) mass is 150 g/mol. The molecule has 0 spiro atoms. The van der Waals surface area contributed by atoms with Gasteiger partial charge in [0.1, 0.15) is 0 Å². The quantitative estimate of drug-likeness (QED) is 0.452. The fraction of sp³-hybridized carbons (Fsp3) is 0.143. The Balaban J connectivity index is 3.06. The van der Waals surface area contributed by atoms with Crippen molar-refractivity contribution < 1.29 is 0 Å². The molecule has 1 rings (SSSR count). The largest absolute Gasteiger partial charge is 0.261 e. The smallest absolute Gasteiger partial charge is 0.0772 e. The molecule has 0 saturated heterocycles. The molecule has 0 aromatic carbocycles. The fourth-order valence-corrected chi connectivity index (χ4v) is 0.758. The van der Waals surface area contributed by atoms with E-state index in [9.17, 15) is 0 Å². The summed E-state index contributed by atoms with van der Waals surface area (Å²) in [6.07, 6.45) is 1.70. The molecule has 10 heavy (non-hydrogen) atoms. The van der Waals surface area contributed by atoms with Gasteiger partial charge in [-0.25, -0.2) is 0 Å². The van der Waals surface area contributed by atoms with Crippen molar-refractivity contribution in [3.63, 3.8) is 0 Å². The lowest BCUT2D eigenvalue weighted by Gasteiger charge is -1.90. The zero-order valence-electron chi connectivity index (χ0n) is 5.53. The molecule has 2 nitrogen and oxygen atoms in total. The number of isothiocyanates is 1. The first-order chi connectivity index (χ1) is 4.83. The van der Waals surface area contributed by atoms with Gasteiger partial charge in [-0.2, -0.15) is 4.99 Å². The van der Waals surface area contributed by atoms with Crippen LogP contribution in [0.15, 0.2) is 23.3 Å². The molecule has 0 bridgehead atoms. The third-order valence-corrected chi connectivity index (χ3v) is 1.15. The Hall–Kier alpha value is -1.05. The Labute approximate surface area is 64.6 Å². The normalized spacial score (nSPS) is 8.50. The molecule has 0 radical (unpaired) electrons. The van der Waals surface area contributed by atoms with Crippen LogP contribution in [0.5, 0.6) is 0 Å². The van der Waals surface area contributed by atoms with Gasteiger partial charge in [0.2, 0.25) is 0 Å². The molecule has 1 aromatic heterocycles. The van der Waals surface area contributed by atoms with Crippen LogP contribution in [0.25, 0.3) is 0 Å². The van der Waals surface area contributed by atoms with E-state index >= 15 is 0 Å². The first kappa shape index (κ1) is 7.06. The van der Waals surface area contributed by atoms with Crippen LogP contribution in [0.4, 0.5) is 5.69 Å². The van der Waals surface area contributed by atoms with Crippen molar-refractivity contribution in [2.45, 2.75) is 6.92 Å². The number of thiocarbonyl (C=S) groups is 1. The van der Waals surface area contributed by atoms with Gasteiger partial charge in [0, 0.05) is 11.9 Å². The van der Waals surface area contributed by atoms with Crippen molar-refractivity contribution >= 4 is 23.1 Å². The molecule has 0 amide bonds. The van der Waals surface area contributed by atoms with Gasteiger partial charge in [0.25, 0.3) is 0 Å². The van der Waals surface area contributed by atoms with Crippen molar-refractivity contribution in [3.8, 4) is 0 Å². The first-order valence-electron chi connectivity index (χ1n) is 2.83. The van der Waals surface area contributed by atoms with Crippen molar-refractivity contribution in [1.82, 2.24) is 4.98 Å². The Bertz CT molecular complexity index is 277. The standard InChI is InChI=1S/C7H6N2S/c1-6-4-7(9-5-10)2-3-8-6/h2-4H,1H3. The number of rotatable bonds is 1. The molecular weight excluding hydrogens is 144 g/mol. The topological polar surface area (TPSA) is 25.2 Å². The predicted molar refractivity (Wildman–Crippen MR) is 43.7 cm³/mol. The average molecular weight is 150 g/mol. The van der Waals surface area contributed by atoms with Gasteiger partial charge >= 0.3 is 0 Å². The summed E-state index contributed by atoms with van der Waals surface area (Å²) in [6, 6.07) is 3.63. The van der Waals surface area contributed by atoms with Crippen LogP contribution in [-0.4, -0.2) is 10.1 Å². The summed E-state index contributed by atoms with van der Waals surface area (Å²) in [4.78, 5) is 7.79. The van der Waals surface area contributed by atoms with Gasteiger partial charge in [-0.1, -0.05) is 0 Å². The molecule has 0 unspecified atom stereocenters. The van der Waals surface area contributed by atoms with Gasteiger partial charge in [0.05, 0.1) is 10.8 Å². The summed E-state index contributed by atoms with van der Waals surface area (Å²) >= 11 is 4.44. The van der Waals surface area contributed by atoms with E-state index in [1.807, 2.05) is 13.0 Å². The average Bonchev–Trinajstić information content (AvgIpc) is 1.88. The van der Waals surface area contributed by atoms with E-state index in [4.69, 9.17) is 0 Å². The number of hydrogen-bond donors (Lipinski definition) is 0. The maximum absolute atomic E-state index is 4.44. The van der Waals surface area contributed by atoms with E-state index in [1.54, 1.807) is 12.3 Å². The fourth-order valence-electron chi connectivity index (χ4n) is 0.653. The number of aryl methyl sites for hydroxylation is 1. The van der Waals surface area contributed by atoms with E-state index in [2.05, 4.69) is 27.4 Å². The molecule has 0 N–H and O–H groups in total. The summed E-state index contributed by atoms with van der Waals surface area (Å²) in [5.74, 6) is 0. The van der Waals surface area contributed by atoms with Crippen LogP contribution in [0.3, 0.4) is 0 Å². The van der Waals surface area contributed by atoms with Crippen LogP contribution in [0.2, 0.25) is 0 Å². The second-order valence-corrected chi connectivity index (χ2v) is 2.04. The van der Waals surface area contributed by atoms with E-state index in [1.165, 1.54) is 0 Å². The van der Waals surface area contributed by atoms with Crippen LogP contribution < -0.4 is 0 Å². The van der Waals surface area contributed by atoms with Crippen molar-refractivity contribution in [3.05, 3.63) is 24.0 Å². The summed E-state index contributed by atoms with van der Waals surface area (Å²) in [5, 5.41) is 2.29. The molecule has 0 fully saturated rings. The zero-order chi connectivity index (χ0) is 7.40. The minimum Gasteiger partial charge on any atom is -0.261 e. The van der Waals surface area contributed by atoms with Crippen LogP contribution >= 0.6 is 12.2 Å². The Morgan fingerprint density at radius 3 is 3.10 bits per heavy atom.